The first-order chi connectivity index (χ1) is 14.8. The Morgan fingerprint density at radius 3 is 2.45 bits per heavy atom. The van der Waals surface area contributed by atoms with Gasteiger partial charge in [0.15, 0.2) is 6.61 Å². The number of rotatable bonds is 6. The van der Waals surface area contributed by atoms with E-state index < -0.39 is 0 Å². The van der Waals surface area contributed by atoms with Crippen LogP contribution in [0.2, 0.25) is 0 Å². The summed E-state index contributed by atoms with van der Waals surface area (Å²) in [5.41, 5.74) is 3.44. The molecule has 1 aliphatic rings. The van der Waals surface area contributed by atoms with E-state index in [-0.39, 0.29) is 30.4 Å². The van der Waals surface area contributed by atoms with Crippen molar-refractivity contribution in [2.75, 3.05) is 25.0 Å². The number of hydrogen-bond acceptors (Lipinski definition) is 4. The highest BCUT2D eigenvalue weighted by Gasteiger charge is 2.25. The summed E-state index contributed by atoms with van der Waals surface area (Å²) < 4.78 is 5.59. The maximum Gasteiger partial charge on any atom is 0.258 e. The van der Waals surface area contributed by atoms with Crippen molar-refractivity contribution in [1.29, 1.82) is 0 Å². The molecule has 7 heteroatoms. The lowest BCUT2D eigenvalue weighted by atomic mass is 10.0. The van der Waals surface area contributed by atoms with Crippen LogP contribution in [0.1, 0.15) is 41.3 Å². The van der Waals surface area contributed by atoms with E-state index in [1.54, 1.807) is 29.2 Å². The molecule has 2 aromatic carbocycles. The Bertz CT molecular complexity index is 965. The zero-order valence-electron chi connectivity index (χ0n) is 18.2. The third kappa shape index (κ3) is 6.31. The number of piperidine rings is 1. The molecule has 0 aromatic heterocycles. The van der Waals surface area contributed by atoms with Crippen LogP contribution in [-0.2, 0) is 9.59 Å². The lowest BCUT2D eigenvalue weighted by Gasteiger charge is -2.32. The third-order valence-electron chi connectivity index (χ3n) is 5.43. The normalized spacial score (nSPS) is 14.1. The topological polar surface area (TPSA) is 87.7 Å². The van der Waals surface area contributed by atoms with Crippen molar-refractivity contribution in [2.45, 2.75) is 39.7 Å². The fourth-order valence-electron chi connectivity index (χ4n) is 3.56. The van der Waals surface area contributed by atoms with Gasteiger partial charge in [-0.2, -0.15) is 0 Å². The van der Waals surface area contributed by atoms with Gasteiger partial charge in [-0.3, -0.25) is 14.4 Å². The van der Waals surface area contributed by atoms with E-state index >= 15 is 0 Å². The van der Waals surface area contributed by atoms with Crippen LogP contribution in [0.5, 0.6) is 5.75 Å². The molecule has 0 spiro atoms. The van der Waals surface area contributed by atoms with Crippen LogP contribution in [0.3, 0.4) is 0 Å². The van der Waals surface area contributed by atoms with Crippen molar-refractivity contribution in [3.8, 4) is 5.75 Å². The van der Waals surface area contributed by atoms with E-state index in [9.17, 15) is 14.4 Å². The van der Waals surface area contributed by atoms with Gasteiger partial charge in [0, 0.05) is 37.3 Å². The standard InChI is InChI=1S/C24H29N3O4/c1-16-7-8-22(13-17(16)2)31-15-23(29)26-20-9-11-27(12-10-20)24(30)19-5-4-6-21(14-19)25-18(3)28/h4-8,13-14,20H,9-12,15H2,1-3H3,(H,25,28)(H,26,29). The summed E-state index contributed by atoms with van der Waals surface area (Å²) in [6, 6.07) is 12.7. The second-order valence-electron chi connectivity index (χ2n) is 7.93. The Kier molecular flexibility index (Phi) is 7.28. The number of anilines is 1. The molecule has 1 heterocycles. The predicted octanol–water partition coefficient (Wildman–Crippen LogP) is 3.06. The molecule has 3 amide bonds. The number of hydrogen-bond donors (Lipinski definition) is 2. The molecule has 1 aliphatic heterocycles. The lowest BCUT2D eigenvalue weighted by molar-refractivity contribution is -0.124. The Hall–Kier alpha value is -3.35. The van der Waals surface area contributed by atoms with Gasteiger partial charge in [-0.15, -0.1) is 0 Å². The predicted molar refractivity (Wildman–Crippen MR) is 119 cm³/mol. The molecule has 0 radical (unpaired) electrons. The first-order valence-electron chi connectivity index (χ1n) is 10.5. The minimum absolute atomic E-state index is 0.0191. The Balaban J connectivity index is 1.45. The van der Waals surface area contributed by atoms with Crippen LogP contribution in [0.15, 0.2) is 42.5 Å². The van der Waals surface area contributed by atoms with E-state index in [0.717, 1.165) is 5.56 Å². The molecular weight excluding hydrogens is 394 g/mol. The summed E-state index contributed by atoms with van der Waals surface area (Å²) in [5.74, 6) is 0.267. The fourth-order valence-corrected chi connectivity index (χ4v) is 3.56. The molecule has 0 unspecified atom stereocenters. The Morgan fingerprint density at radius 2 is 1.77 bits per heavy atom. The summed E-state index contributed by atoms with van der Waals surface area (Å²) in [7, 11) is 0. The van der Waals surface area contributed by atoms with Crippen molar-refractivity contribution in [1.82, 2.24) is 10.2 Å². The minimum Gasteiger partial charge on any atom is -0.484 e. The first kappa shape index (κ1) is 22.3. The van der Waals surface area contributed by atoms with Crippen molar-refractivity contribution in [3.05, 3.63) is 59.2 Å². The van der Waals surface area contributed by atoms with Gasteiger partial charge in [-0.05, 0) is 68.1 Å². The monoisotopic (exact) mass is 423 g/mol. The summed E-state index contributed by atoms with van der Waals surface area (Å²) in [5, 5.41) is 5.69. The number of amides is 3. The zero-order valence-corrected chi connectivity index (χ0v) is 18.2. The number of benzene rings is 2. The molecule has 7 nitrogen and oxygen atoms in total. The molecule has 0 bridgehead atoms. The van der Waals surface area contributed by atoms with Crippen LogP contribution >= 0.6 is 0 Å². The number of likely N-dealkylation sites (tertiary alicyclic amines) is 1. The van der Waals surface area contributed by atoms with E-state index in [4.69, 9.17) is 4.74 Å². The number of nitrogens with zero attached hydrogens (tertiary/aromatic N) is 1. The van der Waals surface area contributed by atoms with Gasteiger partial charge in [-0.25, -0.2) is 0 Å². The van der Waals surface area contributed by atoms with Gasteiger partial charge in [0.1, 0.15) is 5.75 Å². The SMILES string of the molecule is CC(=O)Nc1cccc(C(=O)N2CCC(NC(=O)COc3ccc(C)c(C)c3)CC2)c1. The summed E-state index contributed by atoms with van der Waals surface area (Å²) in [6.07, 6.45) is 1.37. The van der Waals surface area contributed by atoms with Crippen molar-refractivity contribution in [2.24, 2.45) is 0 Å². The average molecular weight is 424 g/mol. The number of ether oxygens (including phenoxy) is 1. The maximum absolute atomic E-state index is 12.8. The maximum atomic E-state index is 12.8. The highest BCUT2D eigenvalue weighted by atomic mass is 16.5. The van der Waals surface area contributed by atoms with Gasteiger partial charge in [-0.1, -0.05) is 12.1 Å². The average Bonchev–Trinajstić information content (AvgIpc) is 2.74. The lowest BCUT2D eigenvalue weighted by Crippen LogP contribution is -2.47. The Morgan fingerprint density at radius 1 is 1.03 bits per heavy atom. The zero-order chi connectivity index (χ0) is 22.4. The first-order valence-corrected chi connectivity index (χ1v) is 10.5. The van der Waals surface area contributed by atoms with E-state index in [1.165, 1.54) is 12.5 Å². The highest BCUT2D eigenvalue weighted by molar-refractivity contribution is 5.96. The molecule has 1 saturated heterocycles. The van der Waals surface area contributed by atoms with E-state index in [2.05, 4.69) is 10.6 Å². The highest BCUT2D eigenvalue weighted by Crippen LogP contribution is 2.18. The molecule has 3 rings (SSSR count). The molecule has 0 saturated carbocycles. The second kappa shape index (κ2) is 10.1. The summed E-state index contributed by atoms with van der Waals surface area (Å²) >= 11 is 0. The molecule has 0 aliphatic carbocycles. The number of aryl methyl sites for hydroxylation is 2. The number of carbonyl (C=O) groups excluding carboxylic acids is 3. The van der Waals surface area contributed by atoms with E-state index in [1.807, 2.05) is 32.0 Å². The largest absolute Gasteiger partial charge is 0.484 e. The van der Waals surface area contributed by atoms with Crippen LogP contribution < -0.4 is 15.4 Å². The fraction of sp³-hybridized carbons (Fsp3) is 0.375. The van der Waals surface area contributed by atoms with Gasteiger partial charge < -0.3 is 20.3 Å². The molecule has 2 aromatic rings. The Labute approximate surface area is 182 Å². The van der Waals surface area contributed by atoms with Crippen molar-refractivity contribution in [3.63, 3.8) is 0 Å². The third-order valence-corrected chi connectivity index (χ3v) is 5.43. The van der Waals surface area contributed by atoms with Crippen LogP contribution in [0.4, 0.5) is 5.69 Å². The summed E-state index contributed by atoms with van der Waals surface area (Å²) in [6.45, 7) is 6.56. The molecule has 1 fully saturated rings. The molecule has 2 N–H and O–H groups in total. The number of nitrogens with one attached hydrogen (secondary N) is 2. The minimum atomic E-state index is -0.178. The van der Waals surface area contributed by atoms with Crippen LogP contribution in [0, 0.1) is 13.8 Å². The molecule has 164 valence electrons. The van der Waals surface area contributed by atoms with Gasteiger partial charge >= 0.3 is 0 Å². The molecule has 0 atom stereocenters. The van der Waals surface area contributed by atoms with Gasteiger partial charge in [0.05, 0.1) is 0 Å². The van der Waals surface area contributed by atoms with Crippen LogP contribution in [-0.4, -0.2) is 48.4 Å². The molecular formula is C24H29N3O4. The smallest absolute Gasteiger partial charge is 0.258 e. The second-order valence-corrected chi connectivity index (χ2v) is 7.93. The summed E-state index contributed by atoms with van der Waals surface area (Å²) in [4.78, 5) is 38.0. The quantitative estimate of drug-likeness (QED) is 0.748. The van der Waals surface area contributed by atoms with Crippen LogP contribution in [0.25, 0.3) is 0 Å². The van der Waals surface area contributed by atoms with Crippen molar-refractivity contribution < 1.29 is 19.1 Å². The van der Waals surface area contributed by atoms with E-state index in [0.29, 0.717) is 42.9 Å². The van der Waals surface area contributed by atoms with Crippen molar-refractivity contribution >= 4 is 23.4 Å². The van der Waals surface area contributed by atoms with Gasteiger partial charge in [0.25, 0.3) is 11.8 Å². The molecule has 31 heavy (non-hydrogen) atoms. The number of carbonyl (C=O) groups is 3. The van der Waals surface area contributed by atoms with Gasteiger partial charge in [0.2, 0.25) is 5.91 Å².